The number of ketones is 1. The monoisotopic (exact) mass is 284 g/mol. The smallest absolute Gasteiger partial charge is 0.204 e. The highest BCUT2D eigenvalue weighted by Crippen LogP contribution is 2.18. The van der Waals surface area contributed by atoms with Crippen molar-refractivity contribution in [2.24, 2.45) is 0 Å². The number of aryl methyl sites for hydroxylation is 1. The second-order valence-electron chi connectivity index (χ2n) is 3.53. The molecule has 0 aliphatic heterocycles. The SMILES string of the molecule is CCC(=CC(=O)c1c(Br)cnn1CC)CC. The van der Waals surface area contributed by atoms with Gasteiger partial charge in [-0.25, -0.2) is 0 Å². The van der Waals surface area contributed by atoms with Crippen molar-refractivity contribution in [3.05, 3.63) is 28.0 Å². The molecule has 0 spiro atoms. The number of allylic oxidation sites excluding steroid dienone is 2. The Kier molecular flexibility index (Phi) is 4.93. The van der Waals surface area contributed by atoms with Gasteiger partial charge in [0, 0.05) is 6.54 Å². The Morgan fingerprint density at radius 2 is 2.06 bits per heavy atom. The van der Waals surface area contributed by atoms with Crippen LogP contribution in [0.15, 0.2) is 22.3 Å². The van der Waals surface area contributed by atoms with E-state index in [1.54, 1.807) is 17.0 Å². The van der Waals surface area contributed by atoms with E-state index in [0.29, 0.717) is 12.2 Å². The first kappa shape index (κ1) is 13.2. The summed E-state index contributed by atoms with van der Waals surface area (Å²) in [4.78, 5) is 12.1. The van der Waals surface area contributed by atoms with Gasteiger partial charge in [0.25, 0.3) is 0 Å². The normalized spacial score (nSPS) is 10.2. The number of aromatic nitrogens is 2. The van der Waals surface area contributed by atoms with Crippen LogP contribution in [0.5, 0.6) is 0 Å². The summed E-state index contributed by atoms with van der Waals surface area (Å²) >= 11 is 3.36. The molecule has 1 rings (SSSR count). The molecule has 1 aromatic heterocycles. The van der Waals surface area contributed by atoms with Crippen LogP contribution in [0.3, 0.4) is 0 Å². The van der Waals surface area contributed by atoms with Gasteiger partial charge < -0.3 is 0 Å². The Morgan fingerprint density at radius 1 is 1.44 bits per heavy atom. The minimum Gasteiger partial charge on any atom is -0.288 e. The van der Waals surface area contributed by atoms with Crippen LogP contribution < -0.4 is 0 Å². The zero-order chi connectivity index (χ0) is 12.1. The molecule has 3 nitrogen and oxygen atoms in total. The molecule has 88 valence electrons. The lowest BCUT2D eigenvalue weighted by Crippen LogP contribution is -2.08. The van der Waals surface area contributed by atoms with E-state index < -0.39 is 0 Å². The minimum absolute atomic E-state index is 0.0323. The summed E-state index contributed by atoms with van der Waals surface area (Å²) in [6.07, 6.45) is 5.23. The maximum atomic E-state index is 12.1. The zero-order valence-corrected chi connectivity index (χ0v) is 11.5. The Hall–Kier alpha value is -0.900. The highest BCUT2D eigenvalue weighted by Gasteiger charge is 2.14. The number of carbonyl (C=O) groups is 1. The molecule has 0 unspecified atom stereocenters. The second kappa shape index (κ2) is 5.99. The number of rotatable bonds is 5. The van der Waals surface area contributed by atoms with Crippen LogP contribution in [-0.4, -0.2) is 15.6 Å². The molecular formula is C12H17BrN2O. The van der Waals surface area contributed by atoms with Crippen molar-refractivity contribution >= 4 is 21.7 Å². The Bertz CT molecular complexity index is 401. The summed E-state index contributed by atoms with van der Waals surface area (Å²) in [5.41, 5.74) is 1.81. The molecule has 0 aliphatic carbocycles. The number of hydrogen-bond acceptors (Lipinski definition) is 2. The van der Waals surface area contributed by atoms with Gasteiger partial charge in [0.15, 0.2) is 0 Å². The average Bonchev–Trinajstić information content (AvgIpc) is 2.67. The predicted octanol–water partition coefficient (Wildman–Crippen LogP) is 3.59. The lowest BCUT2D eigenvalue weighted by molar-refractivity contribution is 0.103. The maximum absolute atomic E-state index is 12.1. The Balaban J connectivity index is 3.04. The predicted molar refractivity (Wildman–Crippen MR) is 68.6 cm³/mol. The van der Waals surface area contributed by atoms with Crippen molar-refractivity contribution in [2.75, 3.05) is 0 Å². The van der Waals surface area contributed by atoms with Gasteiger partial charge in [-0.2, -0.15) is 5.10 Å². The van der Waals surface area contributed by atoms with Crippen molar-refractivity contribution in [1.29, 1.82) is 0 Å². The van der Waals surface area contributed by atoms with E-state index in [1.165, 1.54) is 5.57 Å². The number of hydrogen-bond donors (Lipinski definition) is 0. The standard InChI is InChI=1S/C12H17BrN2O/c1-4-9(5-2)7-11(16)12-10(13)8-14-15(12)6-3/h7-8H,4-6H2,1-3H3. The third-order valence-corrected chi connectivity index (χ3v) is 3.15. The Labute approximate surface area is 105 Å². The van der Waals surface area contributed by atoms with Crippen molar-refractivity contribution in [3.8, 4) is 0 Å². The molecule has 0 fully saturated rings. The van der Waals surface area contributed by atoms with Gasteiger partial charge in [0.1, 0.15) is 5.69 Å². The second-order valence-corrected chi connectivity index (χ2v) is 4.39. The molecule has 4 heteroatoms. The van der Waals surface area contributed by atoms with Crippen molar-refractivity contribution < 1.29 is 4.79 Å². The third-order valence-electron chi connectivity index (χ3n) is 2.57. The molecule has 0 aliphatic rings. The van der Waals surface area contributed by atoms with Crippen molar-refractivity contribution in [1.82, 2.24) is 9.78 Å². The minimum atomic E-state index is 0.0323. The van der Waals surface area contributed by atoms with Gasteiger partial charge in [0.2, 0.25) is 5.78 Å². The third kappa shape index (κ3) is 2.82. The molecule has 0 saturated heterocycles. The molecule has 0 atom stereocenters. The highest BCUT2D eigenvalue weighted by atomic mass is 79.9. The molecule has 0 radical (unpaired) electrons. The molecule has 1 heterocycles. The molecule has 0 N–H and O–H groups in total. The first-order chi connectivity index (χ1) is 7.63. The van der Waals surface area contributed by atoms with Crippen LogP contribution in [0, 0.1) is 0 Å². The van der Waals surface area contributed by atoms with Gasteiger partial charge in [-0.1, -0.05) is 19.4 Å². The van der Waals surface area contributed by atoms with Crippen LogP contribution >= 0.6 is 15.9 Å². The summed E-state index contributed by atoms with van der Waals surface area (Å²) in [7, 11) is 0. The topological polar surface area (TPSA) is 34.9 Å². The van der Waals surface area contributed by atoms with Gasteiger partial charge in [-0.15, -0.1) is 0 Å². The maximum Gasteiger partial charge on any atom is 0.204 e. The molecule has 1 aromatic rings. The van der Waals surface area contributed by atoms with Crippen LogP contribution in [0.1, 0.15) is 44.1 Å². The molecule has 0 amide bonds. The first-order valence-corrected chi connectivity index (χ1v) is 6.38. The summed E-state index contributed by atoms with van der Waals surface area (Å²) < 4.78 is 2.48. The molecule has 16 heavy (non-hydrogen) atoms. The van der Waals surface area contributed by atoms with Gasteiger partial charge in [-0.3, -0.25) is 9.48 Å². The average molecular weight is 285 g/mol. The molecule has 0 saturated carbocycles. The van der Waals surface area contributed by atoms with E-state index in [2.05, 4.69) is 34.9 Å². The number of carbonyl (C=O) groups excluding carboxylic acids is 1. The summed E-state index contributed by atoms with van der Waals surface area (Å²) in [5, 5.41) is 4.13. The zero-order valence-electron chi connectivity index (χ0n) is 9.96. The van der Waals surface area contributed by atoms with Crippen LogP contribution in [-0.2, 0) is 6.54 Å². The van der Waals surface area contributed by atoms with E-state index in [4.69, 9.17) is 0 Å². The van der Waals surface area contributed by atoms with Crippen LogP contribution in [0.25, 0.3) is 0 Å². The van der Waals surface area contributed by atoms with E-state index in [-0.39, 0.29) is 5.78 Å². The summed E-state index contributed by atoms with van der Waals surface area (Å²) in [5.74, 6) is 0.0323. The van der Waals surface area contributed by atoms with Crippen LogP contribution in [0.4, 0.5) is 0 Å². The highest BCUT2D eigenvalue weighted by molar-refractivity contribution is 9.10. The van der Waals surface area contributed by atoms with E-state index >= 15 is 0 Å². The largest absolute Gasteiger partial charge is 0.288 e. The molecule has 0 bridgehead atoms. The molecule has 0 aromatic carbocycles. The van der Waals surface area contributed by atoms with Crippen molar-refractivity contribution in [3.63, 3.8) is 0 Å². The summed E-state index contributed by atoms with van der Waals surface area (Å²) in [6.45, 7) is 6.80. The fraction of sp³-hybridized carbons (Fsp3) is 0.500. The van der Waals surface area contributed by atoms with E-state index in [9.17, 15) is 4.79 Å². The van der Waals surface area contributed by atoms with Gasteiger partial charge in [-0.05, 0) is 41.8 Å². The van der Waals surface area contributed by atoms with Crippen LogP contribution in [0.2, 0.25) is 0 Å². The van der Waals surface area contributed by atoms with E-state index in [1.807, 2.05) is 6.92 Å². The fourth-order valence-corrected chi connectivity index (χ4v) is 2.05. The first-order valence-electron chi connectivity index (χ1n) is 5.59. The fourth-order valence-electron chi connectivity index (χ4n) is 1.56. The van der Waals surface area contributed by atoms with Gasteiger partial charge in [0.05, 0.1) is 10.7 Å². The van der Waals surface area contributed by atoms with Crippen molar-refractivity contribution in [2.45, 2.75) is 40.2 Å². The molecular weight excluding hydrogens is 268 g/mol. The van der Waals surface area contributed by atoms with Gasteiger partial charge >= 0.3 is 0 Å². The van der Waals surface area contributed by atoms with E-state index in [0.717, 1.165) is 17.3 Å². The quantitative estimate of drug-likeness (QED) is 0.612. The Morgan fingerprint density at radius 3 is 2.56 bits per heavy atom. The lowest BCUT2D eigenvalue weighted by atomic mass is 10.1. The summed E-state index contributed by atoms with van der Waals surface area (Å²) in [6, 6.07) is 0. The lowest BCUT2D eigenvalue weighted by Gasteiger charge is -2.03. The number of halogens is 1. The number of nitrogens with zero attached hydrogens (tertiary/aromatic N) is 2.